The smallest absolute Gasteiger partial charge is 0.305 e. The van der Waals surface area contributed by atoms with Gasteiger partial charge >= 0.3 is 5.97 Å². The predicted octanol–water partition coefficient (Wildman–Crippen LogP) is 2.08. The SMILES string of the molecule is Cc1ccccc1-n1ncc(C(=O)N[C@H](C)CC(=O)O)c1C. The van der Waals surface area contributed by atoms with E-state index in [4.69, 9.17) is 5.11 Å². The molecule has 2 rings (SSSR count). The van der Waals surface area contributed by atoms with Crippen molar-refractivity contribution in [2.24, 2.45) is 0 Å². The molecule has 1 atom stereocenters. The first-order chi connectivity index (χ1) is 10.4. The van der Waals surface area contributed by atoms with Gasteiger partial charge in [0.1, 0.15) is 0 Å². The largest absolute Gasteiger partial charge is 0.481 e. The number of hydrogen-bond acceptors (Lipinski definition) is 3. The van der Waals surface area contributed by atoms with Crippen molar-refractivity contribution < 1.29 is 14.7 Å². The molecule has 0 radical (unpaired) electrons. The lowest BCUT2D eigenvalue weighted by molar-refractivity contribution is -0.137. The highest BCUT2D eigenvalue weighted by Crippen LogP contribution is 2.17. The van der Waals surface area contributed by atoms with Gasteiger partial charge in [-0.1, -0.05) is 18.2 Å². The average molecular weight is 301 g/mol. The van der Waals surface area contributed by atoms with Crippen LogP contribution in [0.15, 0.2) is 30.5 Å². The molecule has 22 heavy (non-hydrogen) atoms. The molecule has 1 aromatic heterocycles. The van der Waals surface area contributed by atoms with E-state index >= 15 is 0 Å². The van der Waals surface area contributed by atoms with Crippen molar-refractivity contribution in [2.75, 3.05) is 0 Å². The van der Waals surface area contributed by atoms with Crippen molar-refractivity contribution in [3.8, 4) is 5.69 Å². The van der Waals surface area contributed by atoms with Crippen LogP contribution < -0.4 is 5.32 Å². The standard InChI is InChI=1S/C16H19N3O3/c1-10-6-4-5-7-14(10)19-12(3)13(9-17-19)16(22)18-11(2)8-15(20)21/h4-7,9,11H,8H2,1-3H3,(H,18,22)(H,20,21)/t11-/m1/s1. The van der Waals surface area contributed by atoms with E-state index in [1.807, 2.05) is 38.1 Å². The first-order valence-electron chi connectivity index (χ1n) is 7.03. The van der Waals surface area contributed by atoms with Gasteiger partial charge in [0, 0.05) is 6.04 Å². The Bertz CT molecular complexity index is 706. The normalized spacial score (nSPS) is 12.0. The minimum atomic E-state index is -0.944. The Morgan fingerprint density at radius 1 is 1.32 bits per heavy atom. The second-order valence-electron chi connectivity index (χ2n) is 5.31. The Labute approximate surface area is 128 Å². The summed E-state index contributed by atoms with van der Waals surface area (Å²) in [5.74, 6) is -1.26. The van der Waals surface area contributed by atoms with Crippen LogP contribution in [0.5, 0.6) is 0 Å². The lowest BCUT2D eigenvalue weighted by Gasteiger charge is -2.12. The van der Waals surface area contributed by atoms with Crippen molar-refractivity contribution in [3.05, 3.63) is 47.3 Å². The summed E-state index contributed by atoms with van der Waals surface area (Å²) in [6.07, 6.45) is 1.39. The summed E-state index contributed by atoms with van der Waals surface area (Å²) in [6.45, 7) is 5.45. The molecule has 1 heterocycles. The second-order valence-corrected chi connectivity index (χ2v) is 5.31. The Hall–Kier alpha value is -2.63. The van der Waals surface area contributed by atoms with Crippen molar-refractivity contribution in [3.63, 3.8) is 0 Å². The first kappa shape index (κ1) is 15.8. The fraction of sp³-hybridized carbons (Fsp3) is 0.312. The molecule has 0 spiro atoms. The van der Waals surface area contributed by atoms with Crippen molar-refractivity contribution in [1.29, 1.82) is 0 Å². The number of carbonyl (C=O) groups is 2. The van der Waals surface area contributed by atoms with Crippen molar-refractivity contribution in [1.82, 2.24) is 15.1 Å². The molecule has 0 saturated heterocycles. The highest BCUT2D eigenvalue weighted by Gasteiger charge is 2.18. The van der Waals surface area contributed by atoms with E-state index in [9.17, 15) is 9.59 Å². The number of nitrogens with one attached hydrogen (secondary N) is 1. The summed E-state index contributed by atoms with van der Waals surface area (Å²) in [5, 5.41) is 15.7. The topological polar surface area (TPSA) is 84.2 Å². The van der Waals surface area contributed by atoms with Crippen molar-refractivity contribution >= 4 is 11.9 Å². The number of carbonyl (C=O) groups excluding carboxylic acids is 1. The Kier molecular flexibility index (Phi) is 4.60. The van der Waals surface area contributed by atoms with Crippen LogP contribution in [0.4, 0.5) is 0 Å². The number of aromatic nitrogens is 2. The molecule has 0 fully saturated rings. The van der Waals surface area contributed by atoms with Gasteiger partial charge in [-0.05, 0) is 32.4 Å². The van der Waals surface area contributed by atoms with E-state index in [0.717, 1.165) is 11.3 Å². The van der Waals surface area contributed by atoms with Crippen LogP contribution >= 0.6 is 0 Å². The number of carboxylic acids is 1. The number of carboxylic acid groups (broad SMARTS) is 1. The number of hydrogen-bond donors (Lipinski definition) is 2. The van der Waals surface area contributed by atoms with E-state index < -0.39 is 12.0 Å². The third kappa shape index (κ3) is 3.33. The lowest BCUT2D eigenvalue weighted by atomic mass is 10.1. The van der Waals surface area contributed by atoms with E-state index in [1.165, 1.54) is 6.20 Å². The maximum atomic E-state index is 12.2. The highest BCUT2D eigenvalue weighted by molar-refractivity contribution is 5.95. The minimum absolute atomic E-state index is 0.114. The zero-order valence-electron chi connectivity index (χ0n) is 12.8. The van der Waals surface area contributed by atoms with Gasteiger partial charge in [0.15, 0.2) is 0 Å². The van der Waals surface area contributed by atoms with Gasteiger partial charge in [0.2, 0.25) is 0 Å². The van der Waals surface area contributed by atoms with Gasteiger partial charge in [0.05, 0.1) is 29.6 Å². The fourth-order valence-electron chi connectivity index (χ4n) is 2.29. The quantitative estimate of drug-likeness (QED) is 0.885. The summed E-state index contributed by atoms with van der Waals surface area (Å²) in [6, 6.07) is 7.33. The molecule has 0 aliphatic heterocycles. The number of para-hydroxylation sites is 1. The molecule has 0 aliphatic carbocycles. The van der Waals surface area contributed by atoms with Crippen LogP contribution in [0.25, 0.3) is 5.69 Å². The van der Waals surface area contributed by atoms with Gasteiger partial charge in [0.25, 0.3) is 5.91 Å². The second kappa shape index (κ2) is 6.43. The molecule has 0 bridgehead atoms. The third-order valence-electron chi connectivity index (χ3n) is 3.46. The van der Waals surface area contributed by atoms with Crippen LogP contribution in [-0.2, 0) is 4.79 Å². The molecule has 2 N–H and O–H groups in total. The van der Waals surface area contributed by atoms with Crippen LogP contribution in [0.3, 0.4) is 0 Å². The lowest BCUT2D eigenvalue weighted by Crippen LogP contribution is -2.34. The van der Waals surface area contributed by atoms with Crippen LogP contribution in [-0.4, -0.2) is 32.8 Å². The Morgan fingerprint density at radius 2 is 2.00 bits per heavy atom. The zero-order chi connectivity index (χ0) is 16.3. The molecule has 6 nitrogen and oxygen atoms in total. The van der Waals surface area contributed by atoms with Gasteiger partial charge in [-0.2, -0.15) is 5.10 Å². The number of aryl methyl sites for hydroxylation is 1. The van der Waals surface area contributed by atoms with Crippen LogP contribution in [0.1, 0.15) is 35.0 Å². The van der Waals surface area contributed by atoms with E-state index in [1.54, 1.807) is 11.6 Å². The van der Waals surface area contributed by atoms with Crippen LogP contribution in [0.2, 0.25) is 0 Å². The van der Waals surface area contributed by atoms with E-state index in [2.05, 4.69) is 10.4 Å². The average Bonchev–Trinajstić information content (AvgIpc) is 2.80. The van der Waals surface area contributed by atoms with E-state index in [0.29, 0.717) is 11.3 Å². The molecule has 6 heteroatoms. The van der Waals surface area contributed by atoms with Gasteiger partial charge < -0.3 is 10.4 Å². The van der Waals surface area contributed by atoms with Gasteiger partial charge in [-0.3, -0.25) is 9.59 Å². The molecule has 0 unspecified atom stereocenters. The maximum absolute atomic E-state index is 12.2. The van der Waals surface area contributed by atoms with Crippen molar-refractivity contribution in [2.45, 2.75) is 33.2 Å². The summed E-state index contributed by atoms with van der Waals surface area (Å²) in [7, 11) is 0. The molecule has 116 valence electrons. The van der Waals surface area contributed by atoms with Gasteiger partial charge in [-0.15, -0.1) is 0 Å². The number of rotatable bonds is 5. The first-order valence-corrected chi connectivity index (χ1v) is 7.03. The number of benzene rings is 1. The Balaban J connectivity index is 2.23. The predicted molar refractivity (Wildman–Crippen MR) is 82.2 cm³/mol. The zero-order valence-corrected chi connectivity index (χ0v) is 12.8. The summed E-state index contributed by atoms with van der Waals surface area (Å²) in [4.78, 5) is 22.9. The molecular weight excluding hydrogens is 282 g/mol. The summed E-state index contributed by atoms with van der Waals surface area (Å²) >= 11 is 0. The van der Waals surface area contributed by atoms with Crippen LogP contribution in [0, 0.1) is 13.8 Å². The minimum Gasteiger partial charge on any atom is -0.481 e. The highest BCUT2D eigenvalue weighted by atomic mass is 16.4. The third-order valence-corrected chi connectivity index (χ3v) is 3.46. The number of nitrogens with zero attached hydrogens (tertiary/aromatic N) is 2. The Morgan fingerprint density at radius 3 is 2.64 bits per heavy atom. The fourth-order valence-corrected chi connectivity index (χ4v) is 2.29. The monoisotopic (exact) mass is 301 g/mol. The molecular formula is C16H19N3O3. The number of amides is 1. The molecule has 1 aromatic carbocycles. The number of aliphatic carboxylic acids is 1. The maximum Gasteiger partial charge on any atom is 0.305 e. The molecule has 1 amide bonds. The molecule has 0 saturated carbocycles. The molecule has 2 aromatic rings. The van der Waals surface area contributed by atoms with E-state index in [-0.39, 0.29) is 12.3 Å². The van der Waals surface area contributed by atoms with Gasteiger partial charge in [-0.25, -0.2) is 4.68 Å². The summed E-state index contributed by atoms with van der Waals surface area (Å²) in [5.41, 5.74) is 3.13. The summed E-state index contributed by atoms with van der Waals surface area (Å²) < 4.78 is 1.71. The molecule has 0 aliphatic rings.